The first-order valence-corrected chi connectivity index (χ1v) is 12.1. The molecule has 0 bridgehead atoms. The van der Waals surface area contributed by atoms with Crippen LogP contribution in [0, 0.1) is 17.1 Å². The summed E-state index contributed by atoms with van der Waals surface area (Å²) in [6, 6.07) is 9.32. The van der Waals surface area contributed by atoms with Crippen molar-refractivity contribution in [1.29, 1.82) is 5.26 Å². The fourth-order valence-corrected chi connectivity index (χ4v) is 5.35. The fraction of sp³-hybridized carbons (Fsp3) is 0.407. The Morgan fingerprint density at radius 1 is 1.06 bits per heavy atom. The number of ether oxygens (including phenoxy) is 1. The molecule has 182 valence electrons. The zero-order valence-electron chi connectivity index (χ0n) is 20.8. The second kappa shape index (κ2) is 8.58. The van der Waals surface area contributed by atoms with Gasteiger partial charge in [-0.1, -0.05) is 6.07 Å². The van der Waals surface area contributed by atoms with E-state index in [1.54, 1.807) is 24.3 Å². The van der Waals surface area contributed by atoms with Crippen LogP contribution in [0.4, 0.5) is 10.1 Å². The predicted molar refractivity (Wildman–Crippen MR) is 138 cm³/mol. The van der Waals surface area contributed by atoms with Gasteiger partial charge in [-0.05, 0) is 45.9 Å². The fourth-order valence-electron chi connectivity index (χ4n) is 5.35. The van der Waals surface area contributed by atoms with Crippen LogP contribution in [0.5, 0.6) is 5.75 Å². The van der Waals surface area contributed by atoms with Crippen LogP contribution in [0.15, 0.2) is 29.1 Å². The first-order valence-electron chi connectivity index (χ1n) is 12.1. The zero-order valence-corrected chi connectivity index (χ0v) is 20.8. The third kappa shape index (κ3) is 3.53. The minimum absolute atomic E-state index is 0.127. The molecule has 1 fully saturated rings. The van der Waals surface area contributed by atoms with Gasteiger partial charge < -0.3 is 19.2 Å². The molecular formula is C27H30FN5O2. The largest absolute Gasteiger partial charge is 0.494 e. The van der Waals surface area contributed by atoms with E-state index in [0.717, 1.165) is 13.1 Å². The number of aromatic amines is 1. The number of methoxy groups -OCH3 is 1. The number of aromatic nitrogens is 2. The van der Waals surface area contributed by atoms with E-state index in [1.165, 1.54) is 7.11 Å². The van der Waals surface area contributed by atoms with Gasteiger partial charge in [0.2, 0.25) is 0 Å². The van der Waals surface area contributed by atoms with Crippen LogP contribution in [-0.4, -0.2) is 53.8 Å². The summed E-state index contributed by atoms with van der Waals surface area (Å²) < 4.78 is 24.0. The van der Waals surface area contributed by atoms with Gasteiger partial charge in [0.1, 0.15) is 17.1 Å². The lowest BCUT2D eigenvalue weighted by atomic mass is 10.1. The Morgan fingerprint density at radius 3 is 2.37 bits per heavy atom. The Hall–Kier alpha value is -3.57. The molecule has 2 aromatic heterocycles. The molecule has 8 heteroatoms. The number of halogens is 1. The number of benzene rings is 2. The number of hydrogen-bond donors (Lipinski definition) is 1. The predicted octanol–water partition coefficient (Wildman–Crippen LogP) is 4.77. The van der Waals surface area contributed by atoms with Crippen molar-refractivity contribution < 1.29 is 9.13 Å². The molecule has 0 atom stereocenters. The van der Waals surface area contributed by atoms with E-state index >= 15 is 4.39 Å². The van der Waals surface area contributed by atoms with Crippen molar-refractivity contribution in [3.8, 4) is 11.8 Å². The highest BCUT2D eigenvalue weighted by molar-refractivity contribution is 6.10. The standard InChI is InChI=1S/C27H30FN5O2/c1-15(2)31-8-10-32(11-9-31)25-21(35-5)13-19-24(23(25)28)33(16(3)4)27-22(26(19)34)18-7-6-17(14-29)12-20(18)30-27/h6-7,12-13,15-16,30H,8-11H2,1-5H3. The van der Waals surface area contributed by atoms with Gasteiger partial charge in [-0.15, -0.1) is 0 Å². The molecule has 0 saturated carbocycles. The summed E-state index contributed by atoms with van der Waals surface area (Å²) in [5.41, 5.74) is 2.15. The topological polar surface area (TPSA) is 77.3 Å². The lowest BCUT2D eigenvalue weighted by Crippen LogP contribution is -2.49. The summed E-state index contributed by atoms with van der Waals surface area (Å²) in [5.74, 6) is -0.0761. The van der Waals surface area contributed by atoms with Crippen molar-refractivity contribution in [3.63, 3.8) is 0 Å². The van der Waals surface area contributed by atoms with Gasteiger partial charge in [-0.2, -0.15) is 5.26 Å². The van der Waals surface area contributed by atoms with Crippen molar-refractivity contribution in [2.24, 2.45) is 0 Å². The van der Waals surface area contributed by atoms with Gasteiger partial charge >= 0.3 is 0 Å². The SMILES string of the molecule is COc1cc2c(=O)c3c4ccc(C#N)cc4[nH]c3n(C(C)C)c2c(F)c1N1CCN(C(C)C)CC1. The highest BCUT2D eigenvalue weighted by Gasteiger charge is 2.29. The van der Waals surface area contributed by atoms with Crippen molar-refractivity contribution in [1.82, 2.24) is 14.5 Å². The summed E-state index contributed by atoms with van der Waals surface area (Å²) in [6.45, 7) is 11.3. The average Bonchev–Trinajstić information content (AvgIpc) is 3.22. The highest BCUT2D eigenvalue weighted by atomic mass is 19.1. The average molecular weight is 476 g/mol. The van der Waals surface area contributed by atoms with Crippen molar-refractivity contribution in [2.75, 3.05) is 38.2 Å². The number of nitrogens with zero attached hydrogens (tertiary/aromatic N) is 4. The molecule has 1 N–H and O–H groups in total. The molecule has 1 aliphatic rings. The molecule has 7 nitrogen and oxygen atoms in total. The Labute approximate surface area is 203 Å². The van der Waals surface area contributed by atoms with Crippen LogP contribution in [-0.2, 0) is 0 Å². The number of nitriles is 1. The van der Waals surface area contributed by atoms with Crippen molar-refractivity contribution >= 4 is 38.5 Å². The van der Waals surface area contributed by atoms with E-state index in [1.807, 2.05) is 23.3 Å². The number of nitrogens with one attached hydrogen (secondary N) is 1. The molecule has 0 aliphatic carbocycles. The smallest absolute Gasteiger partial charge is 0.199 e. The molecule has 5 rings (SSSR count). The Kier molecular flexibility index (Phi) is 5.68. The summed E-state index contributed by atoms with van der Waals surface area (Å²) in [5, 5.41) is 10.8. The summed E-state index contributed by atoms with van der Waals surface area (Å²) >= 11 is 0. The normalized spacial score (nSPS) is 15.1. The molecule has 0 unspecified atom stereocenters. The molecule has 3 heterocycles. The van der Waals surface area contributed by atoms with E-state index in [2.05, 4.69) is 29.8 Å². The van der Waals surface area contributed by atoms with Crippen LogP contribution in [0.3, 0.4) is 0 Å². The number of rotatable bonds is 4. The molecule has 0 radical (unpaired) electrons. The molecule has 35 heavy (non-hydrogen) atoms. The molecule has 4 aromatic rings. The first kappa shape index (κ1) is 23.2. The maximum absolute atomic E-state index is 16.5. The number of fused-ring (bicyclic) bond motifs is 4. The van der Waals surface area contributed by atoms with Crippen molar-refractivity contribution in [3.05, 3.63) is 45.9 Å². The van der Waals surface area contributed by atoms with Gasteiger partial charge in [0.05, 0.1) is 35.0 Å². The van der Waals surface area contributed by atoms with Gasteiger partial charge in [0, 0.05) is 49.2 Å². The minimum atomic E-state index is -0.443. The Morgan fingerprint density at radius 2 is 1.77 bits per heavy atom. The van der Waals surface area contributed by atoms with Gasteiger partial charge in [0.25, 0.3) is 0 Å². The maximum Gasteiger partial charge on any atom is 0.199 e. The van der Waals surface area contributed by atoms with E-state index in [-0.39, 0.29) is 22.4 Å². The Balaban J connectivity index is 1.83. The maximum atomic E-state index is 16.5. The Bertz CT molecular complexity index is 1550. The van der Waals surface area contributed by atoms with E-state index in [9.17, 15) is 10.1 Å². The number of anilines is 1. The van der Waals surface area contributed by atoms with E-state index in [4.69, 9.17) is 4.74 Å². The number of H-pyrrole nitrogens is 1. The minimum Gasteiger partial charge on any atom is -0.494 e. The summed E-state index contributed by atoms with van der Waals surface area (Å²) in [4.78, 5) is 21.5. The van der Waals surface area contributed by atoms with Crippen LogP contribution in [0.1, 0.15) is 39.3 Å². The molecule has 0 amide bonds. The summed E-state index contributed by atoms with van der Waals surface area (Å²) in [6.07, 6.45) is 0. The molecule has 0 spiro atoms. The second-order valence-corrected chi connectivity index (χ2v) is 9.77. The van der Waals surface area contributed by atoms with Crippen molar-refractivity contribution in [2.45, 2.75) is 39.8 Å². The van der Waals surface area contributed by atoms with Gasteiger partial charge in [0.15, 0.2) is 11.2 Å². The van der Waals surface area contributed by atoms with Crippen LogP contribution < -0.4 is 15.1 Å². The van der Waals surface area contributed by atoms with Crippen LogP contribution >= 0.6 is 0 Å². The molecule has 1 saturated heterocycles. The number of pyridine rings is 1. The van der Waals surface area contributed by atoms with Crippen LogP contribution in [0.25, 0.3) is 32.8 Å². The molecular weight excluding hydrogens is 445 g/mol. The monoisotopic (exact) mass is 475 g/mol. The molecule has 1 aliphatic heterocycles. The van der Waals surface area contributed by atoms with E-state index < -0.39 is 5.82 Å². The number of piperazine rings is 1. The quantitative estimate of drug-likeness (QED) is 0.460. The third-order valence-corrected chi connectivity index (χ3v) is 7.14. The third-order valence-electron chi connectivity index (χ3n) is 7.14. The van der Waals surface area contributed by atoms with E-state index in [0.29, 0.717) is 58.1 Å². The first-order chi connectivity index (χ1) is 16.8. The summed E-state index contributed by atoms with van der Waals surface area (Å²) in [7, 11) is 1.52. The second-order valence-electron chi connectivity index (χ2n) is 9.77. The van der Waals surface area contributed by atoms with Crippen LogP contribution in [0.2, 0.25) is 0 Å². The molecule has 2 aromatic carbocycles. The van der Waals surface area contributed by atoms with Gasteiger partial charge in [-0.3, -0.25) is 9.69 Å². The lowest BCUT2D eigenvalue weighted by molar-refractivity contribution is 0.208. The lowest BCUT2D eigenvalue weighted by Gasteiger charge is -2.38. The zero-order chi connectivity index (χ0) is 25.0. The highest BCUT2D eigenvalue weighted by Crippen LogP contribution is 2.39. The number of hydrogen-bond acceptors (Lipinski definition) is 5. The van der Waals surface area contributed by atoms with Gasteiger partial charge in [-0.25, -0.2) is 4.39 Å².